The van der Waals surface area contributed by atoms with Gasteiger partial charge in [-0.15, -0.1) is 0 Å². The number of aliphatic hydroxyl groups excluding tert-OH is 1. The number of ketones is 1. The minimum atomic E-state index is -0.300. The predicted molar refractivity (Wildman–Crippen MR) is 127 cm³/mol. The van der Waals surface area contributed by atoms with E-state index in [1.807, 2.05) is 36.4 Å². The highest BCUT2D eigenvalue weighted by molar-refractivity contribution is 5.97. The van der Waals surface area contributed by atoms with E-state index in [1.54, 1.807) is 21.9 Å². The van der Waals surface area contributed by atoms with Crippen LogP contribution < -0.4 is 4.90 Å². The lowest BCUT2D eigenvalue weighted by molar-refractivity contribution is -0.155. The quantitative estimate of drug-likeness (QED) is 0.598. The summed E-state index contributed by atoms with van der Waals surface area (Å²) in [5, 5.41) is 9.55. The maximum Gasteiger partial charge on any atom is 0.324 e. The van der Waals surface area contributed by atoms with E-state index in [0.29, 0.717) is 50.7 Å². The maximum absolute atomic E-state index is 13.4. The molecule has 2 aromatic rings. The van der Waals surface area contributed by atoms with E-state index in [9.17, 15) is 14.7 Å². The first-order valence-corrected chi connectivity index (χ1v) is 11.8. The Hall–Kier alpha value is -2.78. The number of hydrogen-bond acceptors (Lipinski definition) is 6. The highest BCUT2D eigenvalue weighted by atomic mass is 16.7. The number of carbonyl (C=O) groups is 2. The molecule has 2 aliphatic heterocycles. The molecule has 0 saturated carbocycles. The number of rotatable bonds is 8. The zero-order valence-electron chi connectivity index (χ0n) is 19.4. The minimum Gasteiger partial charge on any atom is -0.392 e. The van der Waals surface area contributed by atoms with Crippen LogP contribution in [0.15, 0.2) is 48.5 Å². The van der Waals surface area contributed by atoms with Gasteiger partial charge in [-0.25, -0.2) is 4.79 Å². The molecule has 0 aliphatic carbocycles. The molecule has 34 heavy (non-hydrogen) atoms. The molecule has 0 aromatic heterocycles. The molecule has 0 spiro atoms. The lowest BCUT2D eigenvalue weighted by atomic mass is 10.1. The molecule has 2 fully saturated rings. The van der Waals surface area contributed by atoms with E-state index in [4.69, 9.17) is 14.2 Å². The summed E-state index contributed by atoms with van der Waals surface area (Å²) in [7, 11) is 0. The van der Waals surface area contributed by atoms with Crippen molar-refractivity contribution in [3.8, 4) is 0 Å². The highest BCUT2D eigenvalue weighted by Gasteiger charge is 2.25. The number of Topliss-reactive ketones (excluding diaryl/α,β-unsaturated/α-hetero) is 1. The fraction of sp³-hybridized carbons (Fsp3) is 0.462. The summed E-state index contributed by atoms with van der Waals surface area (Å²) in [6, 6.07) is 14.5. The topological polar surface area (TPSA) is 88.5 Å². The second-order valence-corrected chi connectivity index (χ2v) is 8.52. The molecule has 1 N–H and O–H groups in total. The van der Waals surface area contributed by atoms with Crippen LogP contribution in [0, 0.1) is 0 Å². The van der Waals surface area contributed by atoms with Gasteiger partial charge in [0.15, 0.2) is 12.1 Å². The van der Waals surface area contributed by atoms with Gasteiger partial charge in [-0.2, -0.15) is 0 Å². The van der Waals surface area contributed by atoms with E-state index in [-0.39, 0.29) is 31.3 Å². The Kier molecular flexibility index (Phi) is 8.65. The van der Waals surface area contributed by atoms with Crippen molar-refractivity contribution in [1.29, 1.82) is 0 Å². The third kappa shape index (κ3) is 6.42. The van der Waals surface area contributed by atoms with E-state index in [0.717, 1.165) is 30.4 Å². The van der Waals surface area contributed by atoms with Gasteiger partial charge >= 0.3 is 6.03 Å². The number of anilines is 1. The van der Waals surface area contributed by atoms with Crippen molar-refractivity contribution >= 4 is 17.5 Å². The first-order valence-electron chi connectivity index (χ1n) is 11.8. The van der Waals surface area contributed by atoms with Crippen LogP contribution in [0.4, 0.5) is 10.5 Å². The van der Waals surface area contributed by atoms with Crippen molar-refractivity contribution in [2.24, 2.45) is 0 Å². The molecule has 1 atom stereocenters. The van der Waals surface area contributed by atoms with Crippen molar-refractivity contribution in [2.75, 3.05) is 44.4 Å². The van der Waals surface area contributed by atoms with Crippen LogP contribution in [0.1, 0.15) is 40.7 Å². The van der Waals surface area contributed by atoms with E-state index < -0.39 is 0 Å². The van der Waals surface area contributed by atoms with Gasteiger partial charge in [0, 0.05) is 30.9 Å². The molecule has 1 unspecified atom stereocenters. The highest BCUT2D eigenvalue weighted by Crippen LogP contribution is 2.22. The average Bonchev–Trinajstić information content (AvgIpc) is 2.91. The molecule has 2 aliphatic rings. The van der Waals surface area contributed by atoms with Gasteiger partial charge < -0.3 is 24.2 Å². The van der Waals surface area contributed by atoms with Crippen molar-refractivity contribution in [3.63, 3.8) is 0 Å². The Balaban J connectivity index is 1.44. The number of amides is 2. The molecule has 2 saturated heterocycles. The molecule has 8 heteroatoms. The Morgan fingerprint density at radius 1 is 1.03 bits per heavy atom. The number of urea groups is 1. The molecule has 0 bridgehead atoms. The number of nitrogens with zero attached hydrogens (tertiary/aromatic N) is 2. The number of benzene rings is 2. The second kappa shape index (κ2) is 12.1. The summed E-state index contributed by atoms with van der Waals surface area (Å²) in [6.07, 6.45) is 2.60. The van der Waals surface area contributed by atoms with Crippen LogP contribution in [0.3, 0.4) is 0 Å². The molecule has 2 aromatic carbocycles. The molecular weight excluding hydrogens is 436 g/mol. The summed E-state index contributed by atoms with van der Waals surface area (Å²) in [5.74, 6) is -0.0994. The summed E-state index contributed by atoms with van der Waals surface area (Å²) >= 11 is 0. The van der Waals surface area contributed by atoms with Gasteiger partial charge in [0.25, 0.3) is 0 Å². The van der Waals surface area contributed by atoms with Crippen LogP contribution in [0.25, 0.3) is 0 Å². The molecule has 2 amide bonds. The lowest BCUT2D eigenvalue weighted by Gasteiger charge is -2.33. The van der Waals surface area contributed by atoms with Gasteiger partial charge in [0.05, 0.1) is 26.4 Å². The third-order valence-corrected chi connectivity index (χ3v) is 6.07. The normalized spacial score (nSPS) is 18.5. The Bertz CT molecular complexity index is 952. The maximum atomic E-state index is 13.4. The van der Waals surface area contributed by atoms with Crippen LogP contribution >= 0.6 is 0 Å². The van der Waals surface area contributed by atoms with Gasteiger partial charge in [-0.05, 0) is 42.5 Å². The van der Waals surface area contributed by atoms with Crippen LogP contribution in [-0.2, 0) is 27.4 Å². The summed E-state index contributed by atoms with van der Waals surface area (Å²) in [5.41, 5.74) is 2.90. The SMILES string of the molecule is O=C(COC1CCCCO1)c1ccc(CN(C(=O)N2CCOCC2)c2cccc(CO)c2)cc1. The number of carbonyl (C=O) groups excluding carboxylic acids is 2. The second-order valence-electron chi connectivity index (χ2n) is 8.52. The summed E-state index contributed by atoms with van der Waals surface area (Å²) < 4.78 is 16.5. The van der Waals surface area contributed by atoms with Gasteiger partial charge in [-0.1, -0.05) is 36.4 Å². The number of aliphatic hydroxyl groups is 1. The van der Waals surface area contributed by atoms with Crippen LogP contribution in [0.5, 0.6) is 0 Å². The smallest absolute Gasteiger partial charge is 0.324 e. The zero-order valence-corrected chi connectivity index (χ0v) is 19.4. The van der Waals surface area contributed by atoms with Crippen molar-refractivity contribution < 1.29 is 28.9 Å². The van der Waals surface area contributed by atoms with E-state index in [1.165, 1.54) is 0 Å². The number of ether oxygens (including phenoxy) is 3. The monoisotopic (exact) mass is 468 g/mol. The summed E-state index contributed by atoms with van der Waals surface area (Å²) in [6.45, 7) is 3.00. The van der Waals surface area contributed by atoms with E-state index >= 15 is 0 Å². The van der Waals surface area contributed by atoms with Gasteiger partial charge in [0.2, 0.25) is 0 Å². The standard InChI is InChI=1S/C26H32N2O6/c29-18-21-4-3-5-23(16-21)28(26(31)27-11-14-32-15-12-27)17-20-7-9-22(10-8-20)24(30)19-34-25-6-1-2-13-33-25/h3-5,7-10,16,25,29H,1-2,6,11-15,17-19H2. The zero-order chi connectivity index (χ0) is 23.8. The minimum absolute atomic E-state index is 0.0143. The molecule has 8 nitrogen and oxygen atoms in total. The lowest BCUT2D eigenvalue weighted by Crippen LogP contribution is -2.48. The van der Waals surface area contributed by atoms with Gasteiger partial charge in [0.1, 0.15) is 6.61 Å². The van der Waals surface area contributed by atoms with Crippen molar-refractivity contribution in [3.05, 3.63) is 65.2 Å². The van der Waals surface area contributed by atoms with Crippen LogP contribution in [-0.4, -0.2) is 67.6 Å². The van der Waals surface area contributed by atoms with Crippen molar-refractivity contribution in [2.45, 2.75) is 38.7 Å². The fourth-order valence-electron chi connectivity index (χ4n) is 4.09. The average molecular weight is 469 g/mol. The number of hydrogen-bond donors (Lipinski definition) is 1. The molecule has 4 rings (SSSR count). The predicted octanol–water partition coefficient (Wildman–Crippen LogP) is 3.36. The summed E-state index contributed by atoms with van der Waals surface area (Å²) in [4.78, 5) is 29.4. The number of morpholine rings is 1. The molecule has 182 valence electrons. The first kappa shape index (κ1) is 24.3. The van der Waals surface area contributed by atoms with Crippen LogP contribution in [0.2, 0.25) is 0 Å². The largest absolute Gasteiger partial charge is 0.392 e. The van der Waals surface area contributed by atoms with E-state index in [2.05, 4.69) is 0 Å². The Morgan fingerprint density at radius 3 is 2.53 bits per heavy atom. The Labute approximate surface area is 200 Å². The Morgan fingerprint density at radius 2 is 1.82 bits per heavy atom. The van der Waals surface area contributed by atoms with Crippen molar-refractivity contribution in [1.82, 2.24) is 4.90 Å². The molecule has 2 heterocycles. The molecule has 0 radical (unpaired) electrons. The third-order valence-electron chi connectivity index (χ3n) is 6.07. The molecular formula is C26H32N2O6. The first-order chi connectivity index (χ1) is 16.6. The fourth-order valence-corrected chi connectivity index (χ4v) is 4.09. The van der Waals surface area contributed by atoms with Gasteiger partial charge in [-0.3, -0.25) is 9.69 Å².